The molecule has 168 valence electrons. The lowest BCUT2D eigenvalue weighted by Crippen LogP contribution is -2.44. The molecule has 0 spiro atoms. The molecule has 6 heteroatoms. The normalized spacial score (nSPS) is 14.2. The van der Waals surface area contributed by atoms with Gasteiger partial charge in [-0.3, -0.25) is 4.68 Å². The van der Waals surface area contributed by atoms with Crippen LogP contribution in [0.25, 0.3) is 27.9 Å². The van der Waals surface area contributed by atoms with Crippen molar-refractivity contribution in [3.63, 3.8) is 0 Å². The number of piperazine rings is 1. The zero-order chi connectivity index (χ0) is 22.7. The van der Waals surface area contributed by atoms with Crippen molar-refractivity contribution < 1.29 is 0 Å². The van der Waals surface area contributed by atoms with Crippen LogP contribution >= 0.6 is 11.6 Å². The van der Waals surface area contributed by atoms with Crippen LogP contribution in [0.4, 0.5) is 0 Å². The summed E-state index contributed by atoms with van der Waals surface area (Å²) in [6.07, 6.45) is 7.35. The number of allylic oxidation sites excluding steroid dienone is 1. The van der Waals surface area contributed by atoms with Gasteiger partial charge < -0.3 is 9.80 Å². The van der Waals surface area contributed by atoms with Crippen molar-refractivity contribution in [1.29, 1.82) is 0 Å². The van der Waals surface area contributed by atoms with Crippen LogP contribution in [0.3, 0.4) is 0 Å². The Morgan fingerprint density at radius 3 is 2.50 bits per heavy atom. The molecule has 0 unspecified atom stereocenters. The maximum atomic E-state index is 6.60. The van der Waals surface area contributed by atoms with Crippen LogP contribution in [0.15, 0.2) is 55.5 Å². The predicted molar refractivity (Wildman–Crippen MR) is 134 cm³/mol. The van der Waals surface area contributed by atoms with Gasteiger partial charge in [0.05, 0.1) is 22.4 Å². The van der Waals surface area contributed by atoms with Crippen molar-refractivity contribution in [2.24, 2.45) is 0 Å². The molecule has 32 heavy (non-hydrogen) atoms. The topological polar surface area (TPSA) is 37.2 Å². The van der Waals surface area contributed by atoms with Gasteiger partial charge in [0.1, 0.15) is 0 Å². The maximum Gasteiger partial charge on any atom is 0.0756 e. The highest BCUT2D eigenvalue weighted by molar-refractivity contribution is 6.35. The third-order valence-electron chi connectivity index (χ3n) is 6.27. The Morgan fingerprint density at radius 2 is 1.81 bits per heavy atom. The van der Waals surface area contributed by atoms with E-state index in [9.17, 15) is 0 Å². The minimum absolute atomic E-state index is 0.700. The molecule has 3 aromatic rings. The average Bonchev–Trinajstić information content (AvgIpc) is 3.31. The van der Waals surface area contributed by atoms with Gasteiger partial charge in [-0.2, -0.15) is 5.10 Å². The molecule has 1 aliphatic rings. The van der Waals surface area contributed by atoms with Gasteiger partial charge >= 0.3 is 0 Å². The van der Waals surface area contributed by atoms with E-state index in [1.54, 1.807) is 0 Å². The van der Waals surface area contributed by atoms with Gasteiger partial charge in [-0.1, -0.05) is 50.2 Å². The van der Waals surface area contributed by atoms with Crippen molar-refractivity contribution in [2.75, 3.05) is 26.2 Å². The molecule has 4 rings (SSSR count). The molecule has 0 aliphatic carbocycles. The second kappa shape index (κ2) is 9.78. The number of aryl methyl sites for hydroxylation is 1. The van der Waals surface area contributed by atoms with Crippen LogP contribution in [-0.4, -0.2) is 50.7 Å². The molecule has 0 atom stereocenters. The SMILES string of the molecule is C=C(CCCC)N1CCN(C(=C)c2ccc3c(Cl)cc(-c4cnn(CC)c4)nc3c2)CC1. The van der Waals surface area contributed by atoms with Crippen molar-refractivity contribution in [2.45, 2.75) is 39.7 Å². The Hall–Kier alpha value is -2.79. The maximum absolute atomic E-state index is 6.60. The molecular formula is C26H32ClN5. The van der Waals surface area contributed by atoms with Crippen molar-refractivity contribution in [3.8, 4) is 11.3 Å². The van der Waals surface area contributed by atoms with Gasteiger partial charge in [-0.05, 0) is 37.5 Å². The summed E-state index contributed by atoms with van der Waals surface area (Å²) in [6, 6.07) is 8.16. The Labute approximate surface area is 196 Å². The minimum atomic E-state index is 0.700. The smallest absolute Gasteiger partial charge is 0.0756 e. The number of hydrogen-bond acceptors (Lipinski definition) is 4. The Bertz CT molecular complexity index is 1120. The Kier molecular flexibility index (Phi) is 6.85. The number of pyridine rings is 1. The van der Waals surface area contributed by atoms with Gasteiger partial charge in [-0.25, -0.2) is 4.98 Å². The summed E-state index contributed by atoms with van der Waals surface area (Å²) >= 11 is 6.60. The molecule has 2 aromatic heterocycles. The average molecular weight is 450 g/mol. The molecular weight excluding hydrogens is 418 g/mol. The van der Waals surface area contributed by atoms with Crippen molar-refractivity contribution >= 4 is 28.2 Å². The molecule has 1 fully saturated rings. The molecule has 0 bridgehead atoms. The van der Waals surface area contributed by atoms with Gasteiger partial charge in [0, 0.05) is 61.3 Å². The summed E-state index contributed by atoms with van der Waals surface area (Å²) in [4.78, 5) is 9.67. The van der Waals surface area contributed by atoms with E-state index in [4.69, 9.17) is 16.6 Å². The second-order valence-electron chi connectivity index (χ2n) is 8.40. The van der Waals surface area contributed by atoms with Gasteiger partial charge in [0.2, 0.25) is 0 Å². The van der Waals surface area contributed by atoms with E-state index in [1.165, 1.54) is 18.5 Å². The molecule has 1 aliphatic heterocycles. The highest BCUT2D eigenvalue weighted by Gasteiger charge is 2.20. The molecule has 5 nitrogen and oxygen atoms in total. The lowest BCUT2D eigenvalue weighted by molar-refractivity contribution is 0.209. The molecule has 3 heterocycles. The zero-order valence-corrected chi connectivity index (χ0v) is 19.9. The van der Waals surface area contributed by atoms with Crippen LogP contribution in [0.1, 0.15) is 38.7 Å². The first-order valence-electron chi connectivity index (χ1n) is 11.5. The van der Waals surface area contributed by atoms with Crippen molar-refractivity contribution in [1.82, 2.24) is 24.6 Å². The monoisotopic (exact) mass is 449 g/mol. The number of fused-ring (bicyclic) bond motifs is 1. The van der Waals surface area contributed by atoms with Crippen LogP contribution in [0, 0.1) is 0 Å². The Balaban J connectivity index is 1.52. The molecule has 0 saturated carbocycles. The first-order chi connectivity index (χ1) is 15.5. The van der Waals surface area contributed by atoms with Crippen LogP contribution in [0.2, 0.25) is 5.02 Å². The fourth-order valence-electron chi connectivity index (χ4n) is 4.20. The largest absolute Gasteiger partial charge is 0.372 e. The van der Waals surface area contributed by atoms with E-state index in [2.05, 4.69) is 54.0 Å². The molecule has 0 N–H and O–H groups in total. The van der Waals surface area contributed by atoms with E-state index in [1.807, 2.05) is 29.2 Å². The number of rotatable bonds is 8. The first kappa shape index (κ1) is 22.4. The van der Waals surface area contributed by atoms with E-state index in [0.717, 1.165) is 72.6 Å². The first-order valence-corrected chi connectivity index (χ1v) is 11.9. The summed E-state index contributed by atoms with van der Waals surface area (Å²) in [5, 5.41) is 6.02. The summed E-state index contributed by atoms with van der Waals surface area (Å²) in [7, 11) is 0. The van der Waals surface area contributed by atoms with E-state index >= 15 is 0 Å². The lowest BCUT2D eigenvalue weighted by Gasteiger charge is -2.39. The van der Waals surface area contributed by atoms with Crippen molar-refractivity contribution in [3.05, 3.63) is 66.1 Å². The third-order valence-corrected chi connectivity index (χ3v) is 6.59. The number of unbranched alkanes of at least 4 members (excludes halogenated alkanes) is 1. The van der Waals surface area contributed by atoms with Gasteiger partial charge in [0.15, 0.2) is 0 Å². The lowest BCUT2D eigenvalue weighted by atomic mass is 10.1. The fourth-order valence-corrected chi connectivity index (χ4v) is 4.46. The molecule has 0 amide bonds. The summed E-state index contributed by atoms with van der Waals surface area (Å²) in [5.74, 6) is 0. The van der Waals surface area contributed by atoms with E-state index in [-0.39, 0.29) is 0 Å². The quantitative estimate of drug-likeness (QED) is 0.418. The minimum Gasteiger partial charge on any atom is -0.372 e. The van der Waals surface area contributed by atoms with E-state index in [0.29, 0.717) is 5.02 Å². The summed E-state index contributed by atoms with van der Waals surface area (Å²) in [6.45, 7) is 17.7. The van der Waals surface area contributed by atoms with Gasteiger partial charge in [0.25, 0.3) is 0 Å². The zero-order valence-electron chi connectivity index (χ0n) is 19.1. The van der Waals surface area contributed by atoms with Crippen LogP contribution in [0.5, 0.6) is 0 Å². The number of hydrogen-bond donors (Lipinski definition) is 0. The second-order valence-corrected chi connectivity index (χ2v) is 8.80. The third kappa shape index (κ3) is 4.68. The standard InChI is InChI=1S/C26H32ClN5/c1-5-7-8-19(3)30-11-13-31(14-12-30)20(4)21-9-10-23-24(27)16-25(29-26(23)15-21)22-17-28-32(6-2)18-22/h9-10,15-18H,3-8,11-14H2,1-2H3. The highest BCUT2D eigenvalue weighted by Crippen LogP contribution is 2.31. The Morgan fingerprint density at radius 1 is 1.06 bits per heavy atom. The predicted octanol–water partition coefficient (Wildman–Crippen LogP) is 6.06. The number of benzene rings is 1. The molecule has 0 radical (unpaired) electrons. The summed E-state index contributed by atoms with van der Waals surface area (Å²) < 4.78 is 1.89. The molecule has 1 aromatic carbocycles. The number of nitrogens with zero attached hydrogens (tertiary/aromatic N) is 5. The highest BCUT2D eigenvalue weighted by atomic mass is 35.5. The fraction of sp³-hybridized carbons (Fsp3) is 0.385. The summed E-state index contributed by atoms with van der Waals surface area (Å²) in [5.41, 5.74) is 6.07. The molecule has 1 saturated heterocycles. The van der Waals surface area contributed by atoms with E-state index < -0.39 is 0 Å². The van der Waals surface area contributed by atoms with Gasteiger partial charge in [-0.15, -0.1) is 0 Å². The van der Waals surface area contributed by atoms with Crippen LogP contribution < -0.4 is 0 Å². The van der Waals surface area contributed by atoms with Crippen LogP contribution in [-0.2, 0) is 6.54 Å². The number of aromatic nitrogens is 3. The number of halogens is 1.